The second kappa shape index (κ2) is 6.92. The number of esters is 1. The summed E-state index contributed by atoms with van der Waals surface area (Å²) in [4.78, 5) is 16.5. The van der Waals surface area contributed by atoms with Crippen molar-refractivity contribution in [2.24, 2.45) is 0 Å². The maximum absolute atomic E-state index is 12.4. The van der Waals surface area contributed by atoms with E-state index in [0.29, 0.717) is 12.2 Å². The van der Waals surface area contributed by atoms with Gasteiger partial charge < -0.3 is 9.47 Å². The maximum atomic E-state index is 12.4. The Labute approximate surface area is 134 Å². The van der Waals surface area contributed by atoms with E-state index in [4.69, 9.17) is 9.47 Å². The third kappa shape index (κ3) is 3.66. The third-order valence-corrected chi connectivity index (χ3v) is 3.44. The number of benzene rings is 2. The summed E-state index contributed by atoms with van der Waals surface area (Å²) in [6, 6.07) is 16.8. The largest absolute Gasteiger partial charge is 0.490 e. The number of pyridine rings is 1. The number of carbonyl (C=O) groups is 1. The predicted molar refractivity (Wildman–Crippen MR) is 88.6 cm³/mol. The first kappa shape index (κ1) is 15.0. The zero-order valence-corrected chi connectivity index (χ0v) is 12.8. The molecule has 2 aromatic carbocycles. The Morgan fingerprint density at radius 2 is 1.91 bits per heavy atom. The molecule has 0 aliphatic carbocycles. The molecule has 0 aliphatic heterocycles. The molecular weight excluding hydrogens is 290 g/mol. The van der Waals surface area contributed by atoms with Crippen molar-refractivity contribution in [3.63, 3.8) is 0 Å². The number of hydrogen-bond donors (Lipinski definition) is 0. The summed E-state index contributed by atoms with van der Waals surface area (Å²) in [7, 11) is 0. The lowest BCUT2D eigenvalue weighted by atomic mass is 10.1. The fourth-order valence-electron chi connectivity index (χ4n) is 2.30. The zero-order chi connectivity index (χ0) is 16.1. The number of rotatable bonds is 5. The van der Waals surface area contributed by atoms with Gasteiger partial charge in [0, 0.05) is 17.8 Å². The first-order chi connectivity index (χ1) is 11.2. The van der Waals surface area contributed by atoms with Gasteiger partial charge >= 0.3 is 5.97 Å². The number of para-hydroxylation sites is 1. The molecule has 23 heavy (non-hydrogen) atoms. The van der Waals surface area contributed by atoms with Gasteiger partial charge in [0.2, 0.25) is 0 Å². The van der Waals surface area contributed by atoms with Crippen molar-refractivity contribution >= 4 is 16.7 Å². The van der Waals surface area contributed by atoms with Crippen molar-refractivity contribution in [3.8, 4) is 5.75 Å². The van der Waals surface area contributed by atoms with Crippen LogP contribution in [0.25, 0.3) is 10.8 Å². The Hall–Kier alpha value is -2.88. The Balaban J connectivity index is 1.66. The molecule has 1 heterocycles. The summed E-state index contributed by atoms with van der Waals surface area (Å²) in [5, 5.41) is 1.75. The van der Waals surface area contributed by atoms with E-state index in [9.17, 15) is 4.79 Å². The number of hydrogen-bond acceptors (Lipinski definition) is 4. The van der Waals surface area contributed by atoms with Gasteiger partial charge in [0.25, 0.3) is 0 Å². The average Bonchev–Trinajstić information content (AvgIpc) is 2.60. The normalized spacial score (nSPS) is 11.9. The molecule has 1 atom stereocenters. The molecule has 3 rings (SSSR count). The Morgan fingerprint density at radius 3 is 2.74 bits per heavy atom. The van der Waals surface area contributed by atoms with E-state index in [-0.39, 0.29) is 12.1 Å². The van der Waals surface area contributed by atoms with Crippen molar-refractivity contribution in [2.45, 2.75) is 13.0 Å². The predicted octanol–water partition coefficient (Wildman–Crippen LogP) is 3.86. The highest BCUT2D eigenvalue weighted by atomic mass is 16.6. The molecule has 4 nitrogen and oxygen atoms in total. The van der Waals surface area contributed by atoms with E-state index in [1.807, 2.05) is 55.5 Å². The van der Waals surface area contributed by atoms with E-state index in [2.05, 4.69) is 4.98 Å². The second-order valence-electron chi connectivity index (χ2n) is 5.24. The van der Waals surface area contributed by atoms with Crippen molar-refractivity contribution in [1.82, 2.24) is 4.98 Å². The number of fused-ring (bicyclic) bond motifs is 1. The molecule has 1 unspecified atom stereocenters. The Morgan fingerprint density at radius 1 is 1.09 bits per heavy atom. The summed E-state index contributed by atoms with van der Waals surface area (Å²) in [5.74, 6) is 0.387. The van der Waals surface area contributed by atoms with Gasteiger partial charge in [-0.15, -0.1) is 0 Å². The molecule has 0 fully saturated rings. The summed E-state index contributed by atoms with van der Waals surface area (Å²) >= 11 is 0. The van der Waals surface area contributed by atoms with E-state index < -0.39 is 0 Å². The van der Waals surface area contributed by atoms with Crippen LogP contribution in [0.15, 0.2) is 67.0 Å². The van der Waals surface area contributed by atoms with E-state index in [1.165, 1.54) is 0 Å². The summed E-state index contributed by atoms with van der Waals surface area (Å²) in [5.41, 5.74) is 0.516. The van der Waals surface area contributed by atoms with Crippen molar-refractivity contribution in [1.29, 1.82) is 0 Å². The minimum Gasteiger partial charge on any atom is -0.490 e. The molecule has 0 amide bonds. The molecule has 0 radical (unpaired) electrons. The molecule has 0 saturated heterocycles. The summed E-state index contributed by atoms with van der Waals surface area (Å²) in [6.07, 6.45) is 3.03. The lowest BCUT2D eigenvalue weighted by Gasteiger charge is -2.15. The van der Waals surface area contributed by atoms with Crippen LogP contribution in [0.1, 0.15) is 17.3 Å². The van der Waals surface area contributed by atoms with E-state index in [0.717, 1.165) is 16.5 Å². The highest BCUT2D eigenvalue weighted by molar-refractivity contribution is 6.04. The molecule has 116 valence electrons. The lowest BCUT2D eigenvalue weighted by molar-refractivity contribution is 0.0231. The highest BCUT2D eigenvalue weighted by Gasteiger charge is 2.15. The van der Waals surface area contributed by atoms with Crippen molar-refractivity contribution in [3.05, 3.63) is 72.6 Å². The summed E-state index contributed by atoms with van der Waals surface area (Å²) < 4.78 is 11.1. The van der Waals surface area contributed by atoms with E-state index >= 15 is 0 Å². The molecule has 0 N–H and O–H groups in total. The third-order valence-electron chi connectivity index (χ3n) is 3.44. The van der Waals surface area contributed by atoms with Crippen LogP contribution in [0, 0.1) is 0 Å². The van der Waals surface area contributed by atoms with Gasteiger partial charge in [-0.05, 0) is 36.6 Å². The number of ether oxygens (including phenoxy) is 2. The minimum atomic E-state index is -0.368. The van der Waals surface area contributed by atoms with Crippen LogP contribution < -0.4 is 4.74 Å². The molecule has 4 heteroatoms. The molecule has 0 bridgehead atoms. The van der Waals surface area contributed by atoms with Gasteiger partial charge in [0.1, 0.15) is 18.5 Å². The van der Waals surface area contributed by atoms with Crippen LogP contribution in [0.4, 0.5) is 0 Å². The fourth-order valence-corrected chi connectivity index (χ4v) is 2.30. The summed E-state index contributed by atoms with van der Waals surface area (Å²) in [6.45, 7) is 2.11. The average molecular weight is 307 g/mol. The first-order valence-electron chi connectivity index (χ1n) is 7.45. The molecule has 0 spiro atoms. The second-order valence-corrected chi connectivity index (χ2v) is 5.24. The van der Waals surface area contributed by atoms with Crippen LogP contribution in [-0.4, -0.2) is 23.7 Å². The Bertz CT molecular complexity index is 797. The molecule has 0 saturated carbocycles. The van der Waals surface area contributed by atoms with Crippen LogP contribution >= 0.6 is 0 Å². The number of aromatic nitrogens is 1. The van der Waals surface area contributed by atoms with Gasteiger partial charge in [-0.1, -0.05) is 30.3 Å². The minimum absolute atomic E-state index is 0.304. The topological polar surface area (TPSA) is 48.4 Å². The number of carbonyl (C=O) groups excluding carboxylic acids is 1. The van der Waals surface area contributed by atoms with Crippen molar-refractivity contribution < 1.29 is 14.3 Å². The van der Waals surface area contributed by atoms with Crippen LogP contribution in [-0.2, 0) is 4.74 Å². The molecule has 3 aromatic rings. The van der Waals surface area contributed by atoms with Crippen LogP contribution in [0.5, 0.6) is 5.75 Å². The molecule has 1 aromatic heterocycles. The smallest absolute Gasteiger partial charge is 0.339 e. The van der Waals surface area contributed by atoms with Crippen molar-refractivity contribution in [2.75, 3.05) is 6.61 Å². The van der Waals surface area contributed by atoms with Gasteiger partial charge in [-0.25, -0.2) is 4.79 Å². The number of nitrogens with zero attached hydrogens (tertiary/aromatic N) is 1. The van der Waals surface area contributed by atoms with Gasteiger partial charge in [-0.3, -0.25) is 4.98 Å². The van der Waals surface area contributed by atoms with Gasteiger partial charge in [-0.2, -0.15) is 0 Å². The zero-order valence-electron chi connectivity index (χ0n) is 12.8. The van der Waals surface area contributed by atoms with Gasteiger partial charge in [0.05, 0.1) is 5.56 Å². The van der Waals surface area contributed by atoms with E-state index in [1.54, 1.807) is 18.5 Å². The first-order valence-corrected chi connectivity index (χ1v) is 7.45. The fraction of sp³-hybridized carbons (Fsp3) is 0.158. The monoisotopic (exact) mass is 307 g/mol. The van der Waals surface area contributed by atoms with Gasteiger partial charge in [0.15, 0.2) is 0 Å². The van der Waals surface area contributed by atoms with Crippen LogP contribution in [0.3, 0.4) is 0 Å². The SMILES string of the molecule is CC(COc1ccccc1)OC(=O)c1cccc2ccncc12. The van der Waals surface area contributed by atoms with Crippen LogP contribution in [0.2, 0.25) is 0 Å². The highest BCUT2D eigenvalue weighted by Crippen LogP contribution is 2.19. The lowest BCUT2D eigenvalue weighted by Crippen LogP contribution is -2.22. The standard InChI is InChI=1S/C19H17NO3/c1-14(13-22-16-7-3-2-4-8-16)23-19(21)17-9-5-6-15-10-11-20-12-18(15)17/h2-12,14H,13H2,1H3. The Kier molecular flexibility index (Phi) is 4.52. The quantitative estimate of drug-likeness (QED) is 0.672. The maximum Gasteiger partial charge on any atom is 0.339 e. The molecule has 0 aliphatic rings. The molecular formula is C19H17NO3.